The van der Waals surface area contributed by atoms with Gasteiger partial charge in [0.15, 0.2) is 0 Å². The first-order chi connectivity index (χ1) is 17.0. The zero-order chi connectivity index (χ0) is 25.8. The molecule has 1 N–H and O–H groups in total. The molecule has 2 aliphatic rings. The number of carbonyl (C=O) groups is 1. The fourth-order valence-corrected chi connectivity index (χ4v) is 4.73. The molecule has 0 spiro atoms. The van der Waals surface area contributed by atoms with Crippen LogP contribution < -0.4 is 10.2 Å². The summed E-state index contributed by atoms with van der Waals surface area (Å²) in [6.07, 6.45) is -3.99. The average Bonchev–Trinajstić information content (AvgIpc) is 3.41. The Morgan fingerprint density at radius 2 is 1.97 bits per heavy atom. The smallest absolute Gasteiger partial charge is 0.416 e. The molecule has 190 valence electrons. The van der Waals surface area contributed by atoms with E-state index in [0.717, 1.165) is 16.7 Å². The Morgan fingerprint density at radius 1 is 1.19 bits per heavy atom. The molecule has 8 nitrogen and oxygen atoms in total. The second-order valence-corrected chi connectivity index (χ2v) is 9.11. The van der Waals surface area contributed by atoms with Crippen LogP contribution in [0.2, 0.25) is 5.15 Å². The summed E-state index contributed by atoms with van der Waals surface area (Å²) < 4.78 is 60.1. The van der Waals surface area contributed by atoms with Crippen LogP contribution in [0.1, 0.15) is 42.4 Å². The number of aryl methyl sites for hydroxylation is 1. The van der Waals surface area contributed by atoms with Crippen LogP contribution in [0.4, 0.5) is 34.1 Å². The third kappa shape index (κ3) is 4.34. The van der Waals surface area contributed by atoms with Crippen molar-refractivity contribution in [3.8, 4) is 5.69 Å². The van der Waals surface area contributed by atoms with Crippen molar-refractivity contribution in [1.82, 2.24) is 19.5 Å². The van der Waals surface area contributed by atoms with Gasteiger partial charge in [0.1, 0.15) is 29.8 Å². The van der Waals surface area contributed by atoms with E-state index in [4.69, 9.17) is 16.3 Å². The van der Waals surface area contributed by atoms with Crippen molar-refractivity contribution in [3.63, 3.8) is 0 Å². The van der Waals surface area contributed by atoms with Gasteiger partial charge in [-0.2, -0.15) is 18.2 Å². The molecule has 36 heavy (non-hydrogen) atoms. The number of carbonyl (C=O) groups excluding carboxylic acids is 1. The number of benzene rings is 1. The number of alkyl halides is 4. The lowest BCUT2D eigenvalue weighted by Crippen LogP contribution is -2.39. The highest BCUT2D eigenvalue weighted by atomic mass is 35.5. The van der Waals surface area contributed by atoms with Gasteiger partial charge in [-0.3, -0.25) is 4.90 Å². The van der Waals surface area contributed by atoms with E-state index in [1.165, 1.54) is 25.1 Å². The Morgan fingerprint density at radius 3 is 2.69 bits per heavy atom. The molecule has 1 amide bonds. The number of halogens is 5. The number of hydrogen-bond acceptors (Lipinski definition) is 6. The van der Waals surface area contributed by atoms with Gasteiger partial charge in [0.2, 0.25) is 5.95 Å². The third-order valence-electron chi connectivity index (χ3n) is 6.32. The molecule has 0 radical (unpaired) electrons. The monoisotopic (exact) mass is 524 g/mol. The highest BCUT2D eigenvalue weighted by molar-refractivity contribution is 6.29. The normalized spacial score (nSPS) is 18.9. The van der Waals surface area contributed by atoms with Crippen LogP contribution in [0.3, 0.4) is 0 Å². The lowest BCUT2D eigenvalue weighted by molar-refractivity contribution is -0.137. The number of nitrogens with zero attached hydrogens (tertiary/aromatic N) is 5. The summed E-state index contributed by atoms with van der Waals surface area (Å²) in [5.74, 6) is 0.200. The number of rotatable bonds is 5. The maximum atomic E-state index is 14.0. The molecular weight excluding hydrogens is 504 g/mol. The van der Waals surface area contributed by atoms with Crippen LogP contribution in [0.25, 0.3) is 5.69 Å². The van der Waals surface area contributed by atoms with Crippen LogP contribution in [0, 0.1) is 0 Å². The predicted octanol–water partition coefficient (Wildman–Crippen LogP) is 5.29. The van der Waals surface area contributed by atoms with Crippen LogP contribution in [-0.4, -0.2) is 44.4 Å². The molecule has 3 atom stereocenters. The second-order valence-electron chi connectivity index (χ2n) is 8.72. The molecule has 1 aromatic carbocycles. The van der Waals surface area contributed by atoms with Crippen molar-refractivity contribution >= 4 is 29.5 Å². The van der Waals surface area contributed by atoms with Gasteiger partial charge in [-0.05, 0) is 50.5 Å². The lowest BCUT2D eigenvalue weighted by Gasteiger charge is -2.23. The number of imidazole rings is 1. The number of fused-ring (bicyclic) bond motifs is 3. The van der Waals surface area contributed by atoms with E-state index in [-0.39, 0.29) is 23.5 Å². The average molecular weight is 525 g/mol. The molecule has 1 saturated heterocycles. The summed E-state index contributed by atoms with van der Waals surface area (Å²) in [6, 6.07) is 3.79. The number of anilines is 2. The van der Waals surface area contributed by atoms with E-state index < -0.39 is 36.1 Å². The van der Waals surface area contributed by atoms with Gasteiger partial charge in [0.25, 0.3) is 0 Å². The minimum absolute atomic E-state index is 0.0425. The number of ether oxygens (including phenoxy) is 1. The largest absolute Gasteiger partial charge is 0.447 e. The van der Waals surface area contributed by atoms with E-state index in [9.17, 15) is 22.4 Å². The molecule has 2 aliphatic heterocycles. The summed E-state index contributed by atoms with van der Waals surface area (Å²) in [5, 5.41) is 3.15. The van der Waals surface area contributed by atoms with E-state index in [2.05, 4.69) is 20.3 Å². The summed E-state index contributed by atoms with van der Waals surface area (Å²) in [7, 11) is 0. The molecular formula is C23H21ClF4N6O2. The van der Waals surface area contributed by atoms with E-state index in [1.807, 2.05) is 6.92 Å². The number of nitrogens with one attached hydrogen (secondary N) is 1. The van der Waals surface area contributed by atoms with Gasteiger partial charge in [-0.25, -0.2) is 19.2 Å². The fraction of sp³-hybridized carbons (Fsp3) is 0.391. The standard InChI is InChI=1S/C23H21ClF4N6O2/c1-11(25)17-9-36-22(35)34(17)19-8-18(24)31-21(32-19)30-12(2)20-16-5-3-13-7-14(23(26,27)28)4-6-15(13)33(16)10-29-20/h4,6-8,10-12,17H,3,5,9H2,1-2H3,(H,30,31,32)/t11?,12?,17-/m1/s1. The molecule has 0 aliphatic carbocycles. The molecule has 3 aromatic rings. The minimum atomic E-state index is -4.41. The van der Waals surface area contributed by atoms with E-state index >= 15 is 0 Å². The maximum Gasteiger partial charge on any atom is 0.416 e. The second kappa shape index (κ2) is 8.91. The van der Waals surface area contributed by atoms with Gasteiger partial charge in [-0.1, -0.05) is 11.6 Å². The number of hydrogen-bond donors (Lipinski definition) is 1. The van der Waals surface area contributed by atoms with E-state index in [0.29, 0.717) is 29.8 Å². The molecule has 2 aromatic heterocycles. The van der Waals surface area contributed by atoms with Gasteiger partial charge in [0, 0.05) is 17.4 Å². The molecule has 2 unspecified atom stereocenters. The van der Waals surface area contributed by atoms with Gasteiger partial charge in [0.05, 0.1) is 23.6 Å². The number of cyclic esters (lactones) is 1. The molecule has 4 heterocycles. The minimum Gasteiger partial charge on any atom is -0.447 e. The quantitative estimate of drug-likeness (QED) is 0.361. The Balaban J connectivity index is 1.41. The summed E-state index contributed by atoms with van der Waals surface area (Å²) in [5.41, 5.74) is 2.08. The summed E-state index contributed by atoms with van der Waals surface area (Å²) in [4.78, 5) is 26.3. The fourth-order valence-electron chi connectivity index (χ4n) is 4.55. The topological polar surface area (TPSA) is 85.2 Å². The molecule has 1 fully saturated rings. The predicted molar refractivity (Wildman–Crippen MR) is 123 cm³/mol. The van der Waals surface area contributed by atoms with Gasteiger partial charge >= 0.3 is 12.3 Å². The first-order valence-electron chi connectivity index (χ1n) is 11.2. The van der Waals surface area contributed by atoms with Crippen molar-refractivity contribution in [2.75, 3.05) is 16.8 Å². The summed E-state index contributed by atoms with van der Waals surface area (Å²) in [6.45, 7) is 3.05. The number of amides is 1. The number of aromatic nitrogens is 4. The first-order valence-corrected chi connectivity index (χ1v) is 11.6. The maximum absolute atomic E-state index is 14.0. The van der Waals surface area contributed by atoms with Crippen molar-refractivity contribution in [1.29, 1.82) is 0 Å². The van der Waals surface area contributed by atoms with Gasteiger partial charge < -0.3 is 14.6 Å². The molecule has 5 rings (SSSR count). The summed E-state index contributed by atoms with van der Waals surface area (Å²) >= 11 is 6.16. The SMILES string of the molecule is CC(Nc1nc(Cl)cc(N2C(=O)OC[C@@H]2C(C)F)n1)c1ncn2c1CCc1cc(C(F)(F)F)ccc1-2. The van der Waals surface area contributed by atoms with Crippen LogP contribution in [0.15, 0.2) is 30.6 Å². The van der Waals surface area contributed by atoms with Crippen molar-refractivity contribution in [3.05, 3.63) is 58.3 Å². The first kappa shape index (κ1) is 24.3. The zero-order valence-electron chi connectivity index (χ0n) is 19.2. The third-order valence-corrected chi connectivity index (χ3v) is 6.51. The van der Waals surface area contributed by atoms with Crippen molar-refractivity contribution < 1.29 is 27.1 Å². The highest BCUT2D eigenvalue weighted by Gasteiger charge is 2.39. The van der Waals surface area contributed by atoms with Gasteiger partial charge in [-0.15, -0.1) is 0 Å². The molecule has 13 heteroatoms. The Bertz CT molecular complexity index is 1330. The molecule has 0 saturated carbocycles. The van der Waals surface area contributed by atoms with Crippen LogP contribution >= 0.6 is 11.6 Å². The highest BCUT2D eigenvalue weighted by Crippen LogP contribution is 2.35. The van der Waals surface area contributed by atoms with Crippen molar-refractivity contribution in [2.24, 2.45) is 0 Å². The molecule has 0 bridgehead atoms. The zero-order valence-corrected chi connectivity index (χ0v) is 19.9. The lowest BCUT2D eigenvalue weighted by atomic mass is 9.97. The van der Waals surface area contributed by atoms with Crippen LogP contribution in [-0.2, 0) is 23.8 Å². The van der Waals surface area contributed by atoms with E-state index in [1.54, 1.807) is 10.9 Å². The Kier molecular flexibility index (Phi) is 6.01. The Labute approximate surface area is 208 Å². The Hall–Kier alpha value is -3.41. The van der Waals surface area contributed by atoms with Crippen LogP contribution in [0.5, 0.6) is 0 Å². The van der Waals surface area contributed by atoms with Crippen molar-refractivity contribution in [2.45, 2.75) is 51.1 Å².